The van der Waals surface area contributed by atoms with Crippen molar-refractivity contribution in [3.63, 3.8) is 0 Å². The fourth-order valence-electron chi connectivity index (χ4n) is 7.00. The fraction of sp³-hybridized carbons (Fsp3) is 0.273. The zero-order chi connectivity index (χ0) is 60.9. The molecular weight excluding hydrogens is 1630 g/mol. The van der Waals surface area contributed by atoms with Gasteiger partial charge in [0.2, 0.25) is 0 Å². The van der Waals surface area contributed by atoms with Gasteiger partial charge in [-0.25, -0.2) is 0 Å². The van der Waals surface area contributed by atoms with Crippen molar-refractivity contribution in [1.82, 2.24) is 0 Å². The van der Waals surface area contributed by atoms with Gasteiger partial charge in [0, 0.05) is 0 Å². The summed E-state index contributed by atoms with van der Waals surface area (Å²) in [6.07, 6.45) is 0. The molecule has 0 saturated heterocycles. The van der Waals surface area contributed by atoms with Crippen molar-refractivity contribution in [3.05, 3.63) is 243 Å². The molecule has 0 aliphatic rings. The van der Waals surface area contributed by atoms with Gasteiger partial charge in [0.15, 0.2) is 0 Å². The maximum absolute atomic E-state index is 3.12. The molecule has 8 rings (SSSR count). The van der Waals surface area contributed by atoms with Gasteiger partial charge >= 0.3 is 289 Å². The van der Waals surface area contributed by atoms with Crippen LogP contribution in [-0.2, 0) is 39.0 Å². The molecule has 0 aliphatic carbocycles. The van der Waals surface area contributed by atoms with Crippen LogP contribution in [0.3, 0.4) is 0 Å². The van der Waals surface area contributed by atoms with E-state index in [0.717, 1.165) is 0 Å². The van der Waals surface area contributed by atoms with Crippen LogP contribution in [0.25, 0.3) is 0 Å². The maximum atomic E-state index is 3.12. The summed E-state index contributed by atoms with van der Waals surface area (Å²) in [5, 5.41) is 11.1. The monoisotopic (exact) mass is 1720 g/mol. The Balaban J connectivity index is 0. The van der Waals surface area contributed by atoms with Crippen LogP contribution in [0, 0.1) is 0 Å². The summed E-state index contributed by atoms with van der Waals surface area (Å²) in [7, 11) is -3.81. The van der Waals surface area contributed by atoms with E-state index in [1.807, 2.05) is 0 Å². The molecule has 0 atom stereocenters. The largest absolute Gasteiger partial charge is 2.00 e. The van der Waals surface area contributed by atoms with Gasteiger partial charge in [0.25, 0.3) is 0 Å². The molecule has 0 N–H and O–H groups in total. The molecule has 0 saturated carbocycles. The van der Waals surface area contributed by atoms with E-state index in [-0.39, 0.29) is 39.0 Å². The average molecular weight is 1720 g/mol. The van der Waals surface area contributed by atoms with E-state index in [0.29, 0.717) is 0 Å². The molecule has 0 nitrogen and oxygen atoms in total. The van der Waals surface area contributed by atoms with Crippen LogP contribution >= 0.6 is 14.5 Å². The maximum Gasteiger partial charge on any atom is 2.00 e. The Bertz CT molecular complexity index is 2200. The Morgan fingerprint density at radius 2 is 0.232 bits per heavy atom. The summed E-state index contributed by atoms with van der Waals surface area (Å²) in [6, 6.07) is 87.7. The predicted molar refractivity (Wildman–Crippen MR) is 397 cm³/mol. The Morgan fingerprint density at radius 1 is 0.171 bits per heavy atom. The molecule has 0 aromatic heterocycles. The second-order valence-corrected chi connectivity index (χ2v) is 103. The average Bonchev–Trinajstić information content (AvgIpc) is 3.35. The van der Waals surface area contributed by atoms with Gasteiger partial charge in [0.05, 0.1) is 0 Å². The van der Waals surface area contributed by atoms with Gasteiger partial charge in [-0.3, -0.25) is 0 Å². The molecule has 0 spiro atoms. The quantitative estimate of drug-likeness (QED) is 0.105. The molecule has 82 heavy (non-hydrogen) atoms. The molecule has 432 valence electrons. The van der Waals surface area contributed by atoms with Gasteiger partial charge in [0.1, 0.15) is 57.0 Å². The molecular formula is C66H94P2Se6Si6Zn2. The van der Waals surface area contributed by atoms with E-state index in [1.165, 1.54) is 42.4 Å². The third-order valence-corrected chi connectivity index (χ3v) is 17.7. The second-order valence-electron chi connectivity index (χ2n) is 24.7. The Morgan fingerprint density at radius 3 is 0.293 bits per heavy atom. The minimum atomic E-state index is -1.91. The minimum absolute atomic E-state index is 0. The standard InChI is InChI=1S/2C24H20P.6C3H9SeSi.2Zn/c2*1-5-13-21(14-6-1)25(22-15-7-2-8-16-22,23-17-9-3-10-18-23)24-19-11-4-12-20-24;6*1-5(2,3)4;;/h2*1-20H;6*1-3H3;;/q2*+1;6*-1;2*+2. The summed E-state index contributed by atoms with van der Waals surface area (Å²) in [6.45, 7) is 36.5. The number of hydrogen-bond acceptors (Lipinski definition) is 0. The first-order valence-corrected chi connectivity index (χ1v) is 66.7. The third kappa shape index (κ3) is 40.0. The van der Waals surface area contributed by atoms with Crippen molar-refractivity contribution in [2.45, 2.75) is 118 Å². The van der Waals surface area contributed by atoms with Crippen LogP contribution in [0.5, 0.6) is 0 Å². The van der Waals surface area contributed by atoms with Gasteiger partial charge < -0.3 is 0 Å². The summed E-state index contributed by atoms with van der Waals surface area (Å²) >= 11 is 18.7. The van der Waals surface area contributed by atoms with Crippen LogP contribution < -0.4 is 42.4 Å². The van der Waals surface area contributed by atoms with Crippen molar-refractivity contribution in [2.75, 3.05) is 0 Å². The molecule has 0 fully saturated rings. The first-order chi connectivity index (χ1) is 36.8. The van der Waals surface area contributed by atoms with Crippen molar-refractivity contribution < 1.29 is 39.0 Å². The van der Waals surface area contributed by atoms with Crippen LogP contribution in [0.4, 0.5) is 0 Å². The van der Waals surface area contributed by atoms with Gasteiger partial charge in [-0.15, -0.1) is 0 Å². The minimum Gasteiger partial charge on any atom is -0.0620 e. The van der Waals surface area contributed by atoms with Gasteiger partial charge in [-0.2, -0.15) is 0 Å². The second kappa shape index (κ2) is 41.6. The molecule has 8 aromatic rings. The Hall–Kier alpha value is 0.285. The van der Waals surface area contributed by atoms with E-state index in [1.54, 1.807) is 0 Å². The van der Waals surface area contributed by atoms with E-state index < -0.39 is 54.6 Å². The normalized spacial score (nSPS) is 11.2. The number of benzene rings is 8. The topological polar surface area (TPSA) is 0 Å². The van der Waals surface area contributed by atoms with Crippen molar-refractivity contribution in [1.29, 1.82) is 0 Å². The zero-order valence-corrected chi connectivity index (χ0v) is 76.9. The van der Waals surface area contributed by atoms with E-state index in [2.05, 4.69) is 453 Å². The summed E-state index contributed by atoms with van der Waals surface area (Å²) in [5.74, 6) is 0. The Labute approximate surface area is 581 Å². The summed E-state index contributed by atoms with van der Waals surface area (Å²) < 4.78 is 0. The molecule has 0 radical (unpaired) electrons. The fourth-order valence-corrected chi connectivity index (χ4v) is 15.5. The Kier molecular flexibility index (Phi) is 42.7. The molecule has 0 amide bonds. The molecule has 0 aliphatic heterocycles. The molecule has 16 heteroatoms. The van der Waals surface area contributed by atoms with Crippen LogP contribution in [0.2, 0.25) is 118 Å². The van der Waals surface area contributed by atoms with E-state index in [4.69, 9.17) is 0 Å². The zero-order valence-electron chi connectivity index (χ0n) is 52.9. The molecule has 0 bridgehead atoms. The summed E-state index contributed by atoms with van der Waals surface area (Å²) in [4.78, 5) is 0. The number of hydrogen-bond donors (Lipinski definition) is 0. The molecule has 0 heterocycles. The van der Waals surface area contributed by atoms with E-state index >= 15 is 0 Å². The van der Waals surface area contributed by atoms with Crippen molar-refractivity contribution >= 4 is 189 Å². The van der Waals surface area contributed by atoms with Crippen LogP contribution in [0.1, 0.15) is 0 Å². The first-order valence-electron chi connectivity index (χ1n) is 27.3. The van der Waals surface area contributed by atoms with Crippen molar-refractivity contribution in [3.8, 4) is 0 Å². The summed E-state index contributed by atoms with van der Waals surface area (Å²) in [5.41, 5.74) is 0. The van der Waals surface area contributed by atoms with Crippen LogP contribution in [-0.4, -0.2) is 132 Å². The van der Waals surface area contributed by atoms with Crippen molar-refractivity contribution in [2.24, 2.45) is 0 Å². The third-order valence-electron chi connectivity index (χ3n) is 9.15. The molecule has 0 unspecified atom stereocenters. The molecule has 8 aromatic carbocycles. The SMILES string of the molecule is C[Si](C)(C)[Se-].C[Si](C)(C)[Se-].C[Si](C)(C)[Se-].C[Si](C)(C)[Se-].C[Si](C)(C)[Se-].C[Si](C)(C)[Se-].[Zn+2].[Zn+2].c1ccc([P+](c2ccccc2)(c2ccccc2)c2ccccc2)cc1.c1ccc([P+](c2ccccc2)(c2ccccc2)c2ccccc2)cc1. The van der Waals surface area contributed by atoms with E-state index in [9.17, 15) is 0 Å². The first kappa shape index (κ1) is 84.3. The van der Waals surface area contributed by atoms with Crippen LogP contribution in [0.15, 0.2) is 243 Å². The van der Waals surface area contributed by atoms with Gasteiger partial charge in [-0.1, -0.05) is 146 Å². The predicted octanol–water partition coefficient (Wildman–Crippen LogP) is 14.5. The smallest absolute Gasteiger partial charge is 0.0620 e. The number of rotatable bonds is 8. The van der Waals surface area contributed by atoms with Gasteiger partial charge in [-0.05, 0) is 97.1 Å².